The molecule has 0 saturated heterocycles. The van der Waals surface area contributed by atoms with Gasteiger partial charge in [0.25, 0.3) is 0 Å². The number of halogens is 1. The maximum absolute atomic E-state index is 13.1. The van der Waals surface area contributed by atoms with Crippen molar-refractivity contribution in [1.82, 2.24) is 4.31 Å². The molecule has 0 spiro atoms. The van der Waals surface area contributed by atoms with Gasteiger partial charge in [0.05, 0.1) is 30.8 Å². The van der Waals surface area contributed by atoms with Crippen LogP contribution in [0, 0.1) is 0 Å². The van der Waals surface area contributed by atoms with Crippen molar-refractivity contribution in [3.05, 3.63) is 53.6 Å². The number of ether oxygens (including phenoxy) is 2. The van der Waals surface area contributed by atoms with Gasteiger partial charge < -0.3 is 14.4 Å². The van der Waals surface area contributed by atoms with Crippen LogP contribution in [-0.4, -0.2) is 57.4 Å². The van der Waals surface area contributed by atoms with E-state index in [0.29, 0.717) is 16.5 Å². The zero-order valence-corrected chi connectivity index (χ0v) is 18.0. The molecule has 0 aliphatic carbocycles. The van der Waals surface area contributed by atoms with Gasteiger partial charge in [-0.25, -0.2) is 13.2 Å². The molecular weight excluding hydrogens is 432 g/mol. The Morgan fingerprint density at radius 2 is 1.87 bits per heavy atom. The Balaban J connectivity index is 1.87. The lowest BCUT2D eigenvalue weighted by Gasteiger charge is -2.34. The first-order chi connectivity index (χ1) is 14.3. The summed E-state index contributed by atoms with van der Waals surface area (Å²) in [5, 5.41) is 0.409. The molecule has 8 nitrogen and oxygen atoms in total. The van der Waals surface area contributed by atoms with Crippen LogP contribution in [0.25, 0.3) is 0 Å². The Labute approximate surface area is 180 Å². The molecule has 0 N–H and O–H groups in total. The number of fused-ring (bicyclic) bond motifs is 1. The lowest BCUT2D eigenvalue weighted by molar-refractivity contribution is -0.148. The first-order valence-electron chi connectivity index (χ1n) is 9.17. The van der Waals surface area contributed by atoms with Crippen molar-refractivity contribution in [3.63, 3.8) is 0 Å². The van der Waals surface area contributed by atoms with Gasteiger partial charge in [0.1, 0.15) is 5.75 Å². The number of anilines is 1. The molecule has 10 heteroatoms. The Morgan fingerprint density at radius 1 is 1.20 bits per heavy atom. The van der Waals surface area contributed by atoms with Gasteiger partial charge >= 0.3 is 5.97 Å². The molecule has 0 radical (unpaired) electrons. The number of para-hydroxylation sites is 2. The number of rotatable bonds is 6. The van der Waals surface area contributed by atoms with Crippen LogP contribution in [0.1, 0.15) is 6.92 Å². The van der Waals surface area contributed by atoms with Crippen molar-refractivity contribution >= 4 is 39.2 Å². The van der Waals surface area contributed by atoms with Gasteiger partial charge in [0.15, 0.2) is 0 Å². The highest BCUT2D eigenvalue weighted by atomic mass is 35.5. The smallest absolute Gasteiger partial charge is 0.348 e. The first kappa shape index (κ1) is 22.1. The van der Waals surface area contributed by atoms with Crippen LogP contribution in [-0.2, 0) is 24.3 Å². The Hall–Kier alpha value is -2.62. The van der Waals surface area contributed by atoms with Crippen LogP contribution in [0.2, 0.25) is 5.02 Å². The molecule has 160 valence electrons. The molecule has 2 aromatic rings. The van der Waals surface area contributed by atoms with Gasteiger partial charge in [0.2, 0.25) is 22.0 Å². The molecule has 1 aliphatic rings. The fraction of sp³-hybridized carbons (Fsp3) is 0.300. The second-order valence-corrected chi connectivity index (χ2v) is 8.86. The third-order valence-corrected chi connectivity index (χ3v) is 6.84. The highest BCUT2D eigenvalue weighted by molar-refractivity contribution is 7.89. The average molecular weight is 453 g/mol. The number of sulfonamides is 1. The number of esters is 1. The molecule has 0 unspecified atom stereocenters. The van der Waals surface area contributed by atoms with Crippen molar-refractivity contribution in [2.45, 2.75) is 17.9 Å². The molecule has 2 aromatic carbocycles. The van der Waals surface area contributed by atoms with E-state index in [4.69, 9.17) is 21.1 Å². The highest BCUT2D eigenvalue weighted by Crippen LogP contribution is 2.33. The standard InChI is InChI=1S/C20H21ClN2O6S/c1-3-22(30(26,27)15-10-8-14(21)9-11-15)13-19(24)23-12-18(20(25)28-2)29-17-7-5-4-6-16(17)23/h4-11,18H,3,12-13H2,1-2H3/t18-/m0/s1. The lowest BCUT2D eigenvalue weighted by atomic mass is 10.2. The summed E-state index contributed by atoms with van der Waals surface area (Å²) < 4.78 is 37.4. The van der Waals surface area contributed by atoms with E-state index < -0.39 is 34.5 Å². The molecule has 1 atom stereocenters. The predicted molar refractivity (Wildman–Crippen MR) is 111 cm³/mol. The number of carbonyl (C=O) groups is 2. The number of nitrogens with zero attached hydrogens (tertiary/aromatic N) is 2. The number of amides is 1. The summed E-state index contributed by atoms with van der Waals surface area (Å²) in [6.45, 7) is 1.25. The summed E-state index contributed by atoms with van der Waals surface area (Å²) in [6, 6.07) is 12.5. The molecule has 0 saturated carbocycles. The summed E-state index contributed by atoms with van der Waals surface area (Å²) in [5.74, 6) is -0.765. The van der Waals surface area contributed by atoms with Gasteiger partial charge in [-0.15, -0.1) is 0 Å². The zero-order chi connectivity index (χ0) is 21.9. The van der Waals surface area contributed by atoms with Gasteiger partial charge in [-0.1, -0.05) is 30.7 Å². The van der Waals surface area contributed by atoms with Crippen LogP contribution in [0.3, 0.4) is 0 Å². The molecular formula is C20H21ClN2O6S. The average Bonchev–Trinajstić information content (AvgIpc) is 2.76. The molecule has 0 bridgehead atoms. The normalized spacial score (nSPS) is 16.0. The molecule has 1 amide bonds. The van der Waals surface area contributed by atoms with E-state index >= 15 is 0 Å². The molecule has 0 fully saturated rings. The van der Waals surface area contributed by atoms with Gasteiger partial charge in [-0.2, -0.15) is 4.31 Å². The molecule has 30 heavy (non-hydrogen) atoms. The van der Waals surface area contributed by atoms with Crippen molar-refractivity contribution in [1.29, 1.82) is 0 Å². The van der Waals surface area contributed by atoms with Gasteiger partial charge in [-0.05, 0) is 36.4 Å². The third kappa shape index (κ3) is 4.43. The number of methoxy groups -OCH3 is 1. The topological polar surface area (TPSA) is 93.2 Å². The van der Waals surface area contributed by atoms with Gasteiger partial charge in [-0.3, -0.25) is 4.79 Å². The van der Waals surface area contributed by atoms with Crippen molar-refractivity contribution in [3.8, 4) is 5.75 Å². The van der Waals surface area contributed by atoms with E-state index in [1.165, 1.54) is 36.3 Å². The predicted octanol–water partition coefficient (Wildman–Crippen LogP) is 2.32. The van der Waals surface area contributed by atoms with Crippen LogP contribution in [0.4, 0.5) is 5.69 Å². The summed E-state index contributed by atoms with van der Waals surface area (Å²) >= 11 is 5.84. The SMILES string of the molecule is CCN(CC(=O)N1C[C@@H](C(=O)OC)Oc2ccccc21)S(=O)(=O)c1ccc(Cl)cc1. The fourth-order valence-corrected chi connectivity index (χ4v) is 4.61. The Kier molecular flexibility index (Phi) is 6.64. The zero-order valence-electron chi connectivity index (χ0n) is 16.4. The molecule has 3 rings (SSSR count). The first-order valence-corrected chi connectivity index (χ1v) is 11.0. The minimum absolute atomic E-state index is 0.0383. The van der Waals surface area contributed by atoms with E-state index in [2.05, 4.69) is 0 Å². The largest absolute Gasteiger partial charge is 0.475 e. The quantitative estimate of drug-likeness (QED) is 0.624. The van der Waals surface area contributed by atoms with Crippen LogP contribution < -0.4 is 9.64 Å². The summed E-state index contributed by atoms with van der Waals surface area (Å²) in [7, 11) is -2.68. The van der Waals surface area contributed by atoms with E-state index in [0.717, 1.165) is 4.31 Å². The van der Waals surface area contributed by atoms with E-state index in [1.807, 2.05) is 0 Å². The number of hydrogen-bond acceptors (Lipinski definition) is 6. The van der Waals surface area contributed by atoms with E-state index in [1.54, 1.807) is 31.2 Å². The maximum Gasteiger partial charge on any atom is 0.348 e. The minimum Gasteiger partial charge on any atom is -0.475 e. The monoisotopic (exact) mass is 452 g/mol. The Morgan fingerprint density at radius 3 is 2.50 bits per heavy atom. The lowest BCUT2D eigenvalue weighted by Crippen LogP contribution is -2.50. The van der Waals surface area contributed by atoms with Gasteiger partial charge in [0, 0.05) is 11.6 Å². The third-order valence-electron chi connectivity index (χ3n) is 4.65. The fourth-order valence-electron chi connectivity index (χ4n) is 3.08. The van der Waals surface area contributed by atoms with Crippen LogP contribution >= 0.6 is 11.6 Å². The second-order valence-electron chi connectivity index (χ2n) is 6.49. The van der Waals surface area contributed by atoms with E-state index in [9.17, 15) is 18.0 Å². The number of likely N-dealkylation sites (N-methyl/N-ethyl adjacent to an activating group) is 1. The second kappa shape index (κ2) is 9.03. The van der Waals surface area contributed by atoms with E-state index in [-0.39, 0.29) is 18.0 Å². The van der Waals surface area contributed by atoms with Crippen molar-refractivity contribution < 1.29 is 27.5 Å². The summed E-state index contributed by atoms with van der Waals surface area (Å²) in [5.41, 5.74) is 0.461. The number of carbonyl (C=O) groups excluding carboxylic acids is 2. The number of hydrogen-bond donors (Lipinski definition) is 0. The minimum atomic E-state index is -3.91. The highest BCUT2D eigenvalue weighted by Gasteiger charge is 2.36. The van der Waals surface area contributed by atoms with Crippen molar-refractivity contribution in [2.24, 2.45) is 0 Å². The number of benzene rings is 2. The maximum atomic E-state index is 13.1. The van der Waals surface area contributed by atoms with Crippen molar-refractivity contribution in [2.75, 3.05) is 31.6 Å². The summed E-state index contributed by atoms with van der Waals surface area (Å²) in [6.07, 6.45) is -1.00. The molecule has 1 heterocycles. The van der Waals surface area contributed by atoms with Crippen LogP contribution in [0.5, 0.6) is 5.75 Å². The molecule has 1 aliphatic heterocycles. The summed E-state index contributed by atoms with van der Waals surface area (Å²) in [4.78, 5) is 26.5. The van der Waals surface area contributed by atoms with Crippen LogP contribution in [0.15, 0.2) is 53.4 Å². The molecule has 0 aromatic heterocycles. The Bertz CT molecular complexity index is 1040.